The molecule has 1 aromatic carbocycles. The summed E-state index contributed by atoms with van der Waals surface area (Å²) in [5, 5.41) is 0.187. The highest BCUT2D eigenvalue weighted by atomic mass is 35.5. The maximum absolute atomic E-state index is 13.2. The molecule has 0 bridgehead atoms. The SMILES string of the molecule is NC(=NC1CC(c2ccc(F)c(Cl)c2)C1)N1CCOCC1. The highest BCUT2D eigenvalue weighted by Gasteiger charge is 2.31. The first kappa shape index (κ1) is 14.6. The van der Waals surface area contributed by atoms with Crippen LogP contribution in [-0.2, 0) is 4.74 Å². The van der Waals surface area contributed by atoms with Crippen LogP contribution in [0.1, 0.15) is 24.3 Å². The molecule has 1 saturated carbocycles. The molecule has 1 aliphatic carbocycles. The minimum Gasteiger partial charge on any atom is -0.378 e. The summed E-state index contributed by atoms with van der Waals surface area (Å²) in [5.74, 6) is 0.638. The second-order valence-corrected chi connectivity index (χ2v) is 5.99. The first-order chi connectivity index (χ1) is 10.1. The van der Waals surface area contributed by atoms with Crippen LogP contribution in [0.5, 0.6) is 0 Å². The molecule has 1 heterocycles. The maximum Gasteiger partial charge on any atom is 0.191 e. The summed E-state index contributed by atoms with van der Waals surface area (Å²) in [6.45, 7) is 3.02. The van der Waals surface area contributed by atoms with Gasteiger partial charge in [-0.3, -0.25) is 0 Å². The molecule has 0 unspecified atom stereocenters. The number of ether oxygens (including phenoxy) is 1. The van der Waals surface area contributed by atoms with Crippen molar-refractivity contribution in [3.8, 4) is 0 Å². The average Bonchev–Trinajstić information content (AvgIpc) is 2.46. The predicted molar refractivity (Wildman–Crippen MR) is 81.2 cm³/mol. The van der Waals surface area contributed by atoms with Crippen molar-refractivity contribution in [1.82, 2.24) is 4.90 Å². The Morgan fingerprint density at radius 1 is 1.33 bits per heavy atom. The molecule has 4 nitrogen and oxygen atoms in total. The number of aliphatic imine (C=N–C) groups is 1. The molecule has 2 N–H and O–H groups in total. The number of hydrogen-bond acceptors (Lipinski definition) is 2. The lowest BCUT2D eigenvalue weighted by Gasteiger charge is -2.35. The Labute approximate surface area is 128 Å². The Bertz CT molecular complexity index is 540. The van der Waals surface area contributed by atoms with Crippen LogP contribution < -0.4 is 5.73 Å². The van der Waals surface area contributed by atoms with E-state index >= 15 is 0 Å². The van der Waals surface area contributed by atoms with Gasteiger partial charge < -0.3 is 15.4 Å². The number of rotatable bonds is 2. The molecule has 0 radical (unpaired) electrons. The number of nitrogens with two attached hydrogens (primary N) is 1. The third-order valence-electron chi connectivity index (χ3n) is 4.18. The molecule has 1 aromatic rings. The Kier molecular flexibility index (Phi) is 4.31. The summed E-state index contributed by atoms with van der Waals surface area (Å²) in [4.78, 5) is 6.64. The predicted octanol–water partition coefficient (Wildman–Crippen LogP) is 2.37. The van der Waals surface area contributed by atoms with Crippen LogP contribution in [0.25, 0.3) is 0 Å². The number of guanidine groups is 1. The number of benzene rings is 1. The van der Waals surface area contributed by atoms with E-state index in [1.165, 1.54) is 6.07 Å². The summed E-state index contributed by atoms with van der Waals surface area (Å²) in [7, 11) is 0. The molecule has 1 aliphatic heterocycles. The lowest BCUT2D eigenvalue weighted by Crippen LogP contribution is -2.46. The third-order valence-corrected chi connectivity index (χ3v) is 4.47. The van der Waals surface area contributed by atoms with E-state index in [9.17, 15) is 4.39 Å². The summed E-state index contributed by atoms with van der Waals surface area (Å²) >= 11 is 5.82. The topological polar surface area (TPSA) is 50.8 Å². The first-order valence-electron chi connectivity index (χ1n) is 7.24. The normalized spacial score (nSPS) is 26.6. The monoisotopic (exact) mass is 311 g/mol. The Balaban J connectivity index is 1.56. The fourth-order valence-electron chi connectivity index (χ4n) is 2.79. The van der Waals surface area contributed by atoms with Gasteiger partial charge in [-0.05, 0) is 36.5 Å². The molecule has 2 aliphatic rings. The van der Waals surface area contributed by atoms with Gasteiger partial charge in [0.2, 0.25) is 0 Å². The molecule has 6 heteroatoms. The van der Waals surface area contributed by atoms with Gasteiger partial charge in [0.05, 0.1) is 24.3 Å². The number of nitrogens with zero attached hydrogens (tertiary/aromatic N) is 2. The fraction of sp³-hybridized carbons (Fsp3) is 0.533. The molecule has 0 spiro atoms. The molecule has 0 atom stereocenters. The molecule has 2 fully saturated rings. The van der Waals surface area contributed by atoms with Crippen molar-refractivity contribution >= 4 is 17.6 Å². The van der Waals surface area contributed by atoms with E-state index in [0.29, 0.717) is 25.1 Å². The molecule has 114 valence electrons. The van der Waals surface area contributed by atoms with Gasteiger partial charge in [0.15, 0.2) is 5.96 Å². The third kappa shape index (κ3) is 3.30. The van der Waals surface area contributed by atoms with E-state index in [1.54, 1.807) is 12.1 Å². The molecule has 3 rings (SSSR count). The van der Waals surface area contributed by atoms with Gasteiger partial charge in [0.25, 0.3) is 0 Å². The smallest absolute Gasteiger partial charge is 0.191 e. The van der Waals surface area contributed by atoms with Crippen molar-refractivity contribution in [3.05, 3.63) is 34.6 Å². The van der Waals surface area contributed by atoms with Crippen LogP contribution in [0.3, 0.4) is 0 Å². The number of morpholine rings is 1. The minimum absolute atomic E-state index is 0.187. The highest BCUT2D eigenvalue weighted by Crippen LogP contribution is 2.39. The lowest BCUT2D eigenvalue weighted by molar-refractivity contribution is 0.0671. The van der Waals surface area contributed by atoms with Gasteiger partial charge >= 0.3 is 0 Å². The van der Waals surface area contributed by atoms with Gasteiger partial charge in [-0.25, -0.2) is 9.38 Å². The van der Waals surface area contributed by atoms with Gasteiger partial charge in [0.1, 0.15) is 5.82 Å². The zero-order valence-corrected chi connectivity index (χ0v) is 12.5. The minimum atomic E-state index is -0.370. The second-order valence-electron chi connectivity index (χ2n) is 5.58. The van der Waals surface area contributed by atoms with Crippen molar-refractivity contribution < 1.29 is 9.13 Å². The van der Waals surface area contributed by atoms with Gasteiger partial charge in [0, 0.05) is 13.1 Å². The Morgan fingerprint density at radius 3 is 2.71 bits per heavy atom. The molecule has 0 aromatic heterocycles. The number of hydrogen-bond donors (Lipinski definition) is 1. The first-order valence-corrected chi connectivity index (χ1v) is 7.62. The van der Waals surface area contributed by atoms with E-state index < -0.39 is 0 Å². The molecule has 21 heavy (non-hydrogen) atoms. The molecule has 1 saturated heterocycles. The van der Waals surface area contributed by atoms with Crippen molar-refractivity contribution in [2.45, 2.75) is 24.8 Å². The van der Waals surface area contributed by atoms with Crippen LogP contribution in [0.2, 0.25) is 5.02 Å². The molecular weight excluding hydrogens is 293 g/mol. The van der Waals surface area contributed by atoms with Crippen LogP contribution in [0.4, 0.5) is 4.39 Å². The Hall–Kier alpha value is -1.33. The summed E-state index contributed by atoms with van der Waals surface area (Å²) in [5.41, 5.74) is 7.12. The Morgan fingerprint density at radius 2 is 2.05 bits per heavy atom. The van der Waals surface area contributed by atoms with Gasteiger partial charge in [-0.15, -0.1) is 0 Å². The van der Waals surface area contributed by atoms with Crippen LogP contribution in [0.15, 0.2) is 23.2 Å². The van der Waals surface area contributed by atoms with E-state index in [4.69, 9.17) is 22.1 Å². The lowest BCUT2D eigenvalue weighted by atomic mass is 9.76. The van der Waals surface area contributed by atoms with E-state index in [-0.39, 0.29) is 16.9 Å². The van der Waals surface area contributed by atoms with Crippen molar-refractivity contribution in [2.24, 2.45) is 10.7 Å². The van der Waals surface area contributed by atoms with E-state index in [2.05, 4.69) is 9.89 Å². The summed E-state index contributed by atoms with van der Waals surface area (Å²) < 4.78 is 18.4. The maximum atomic E-state index is 13.2. The van der Waals surface area contributed by atoms with E-state index in [1.807, 2.05) is 0 Å². The fourth-order valence-corrected chi connectivity index (χ4v) is 2.98. The number of halogens is 2. The van der Waals surface area contributed by atoms with Crippen molar-refractivity contribution in [2.75, 3.05) is 26.3 Å². The summed E-state index contributed by atoms with van der Waals surface area (Å²) in [6.07, 6.45) is 1.88. The zero-order chi connectivity index (χ0) is 14.8. The second kappa shape index (κ2) is 6.20. The molecular formula is C15H19ClFN3O. The zero-order valence-electron chi connectivity index (χ0n) is 11.8. The summed E-state index contributed by atoms with van der Waals surface area (Å²) in [6, 6.07) is 5.20. The average molecular weight is 312 g/mol. The van der Waals surface area contributed by atoms with Crippen LogP contribution >= 0.6 is 11.6 Å². The van der Waals surface area contributed by atoms with Crippen LogP contribution in [-0.4, -0.2) is 43.2 Å². The van der Waals surface area contributed by atoms with Gasteiger partial charge in [-0.2, -0.15) is 0 Å². The highest BCUT2D eigenvalue weighted by molar-refractivity contribution is 6.30. The van der Waals surface area contributed by atoms with E-state index in [0.717, 1.165) is 31.5 Å². The largest absolute Gasteiger partial charge is 0.378 e. The van der Waals surface area contributed by atoms with Crippen LogP contribution in [0, 0.1) is 5.82 Å². The van der Waals surface area contributed by atoms with Gasteiger partial charge in [-0.1, -0.05) is 17.7 Å². The standard InChI is InChI=1S/C15H19ClFN3O/c16-13-9-10(1-2-14(13)17)11-7-12(8-11)19-15(18)20-3-5-21-6-4-20/h1-2,9,11-12H,3-8H2,(H2,18,19). The van der Waals surface area contributed by atoms with Crippen molar-refractivity contribution in [1.29, 1.82) is 0 Å². The van der Waals surface area contributed by atoms with Crippen molar-refractivity contribution in [3.63, 3.8) is 0 Å². The quantitative estimate of drug-likeness (QED) is 0.674. The molecule has 0 amide bonds.